The van der Waals surface area contributed by atoms with Gasteiger partial charge in [-0.15, -0.1) is 0 Å². The number of anilines is 2. The number of aromatic nitrogens is 2. The number of rotatable bonds is 15. The molecule has 1 spiro atoms. The molecule has 4 heterocycles. The van der Waals surface area contributed by atoms with Gasteiger partial charge in [0.15, 0.2) is 0 Å². The summed E-state index contributed by atoms with van der Waals surface area (Å²) < 4.78 is 65.9. The van der Waals surface area contributed by atoms with E-state index in [-0.39, 0.29) is 46.3 Å². The SMILES string of the molecule is Cc1ccc(S(=O)(=O)N2CCN(C3CC4(C3)CN(c3ccc(C(=O)NS(=O)(=O)c5ccc(NCC6CCC(C)(O)CC6)c([N+](=O)[O-])c5)c(Oc5cnc6[nH]ccc6c5)c3)C4)C(c3ccccc3C(C)C)C2)cc1. The fraction of sp³-hybridized carbons (Fsp3) is 0.407. The zero-order valence-corrected chi connectivity index (χ0v) is 43.1. The maximum atomic E-state index is 14.1. The Morgan fingerprint density at radius 3 is 2.40 bits per heavy atom. The molecular formula is C54H62N8O9S2. The van der Waals surface area contributed by atoms with E-state index in [1.165, 1.54) is 30.0 Å². The van der Waals surface area contributed by atoms with E-state index in [1.54, 1.807) is 47.8 Å². The van der Waals surface area contributed by atoms with Crippen LogP contribution in [0.25, 0.3) is 11.0 Å². The number of carbonyl (C=O) groups is 1. The number of nitro benzene ring substituents is 1. The lowest BCUT2D eigenvalue weighted by Crippen LogP contribution is -2.68. The van der Waals surface area contributed by atoms with Crippen LogP contribution in [0, 0.1) is 28.4 Å². The molecule has 2 saturated heterocycles. The first-order valence-electron chi connectivity index (χ1n) is 25.0. The van der Waals surface area contributed by atoms with Gasteiger partial charge >= 0.3 is 0 Å². The highest BCUT2D eigenvalue weighted by atomic mass is 32.2. The number of hydrogen-bond acceptors (Lipinski definition) is 13. The van der Waals surface area contributed by atoms with E-state index in [2.05, 4.69) is 55.8 Å². The summed E-state index contributed by atoms with van der Waals surface area (Å²) in [7, 11) is -8.34. The van der Waals surface area contributed by atoms with Crippen molar-refractivity contribution in [3.8, 4) is 11.5 Å². The lowest BCUT2D eigenvalue weighted by atomic mass is 9.59. The predicted molar refractivity (Wildman–Crippen MR) is 279 cm³/mol. The zero-order valence-electron chi connectivity index (χ0n) is 41.5. The number of carbonyl (C=O) groups excluding carboxylic acids is 1. The van der Waals surface area contributed by atoms with E-state index in [0.29, 0.717) is 55.3 Å². The van der Waals surface area contributed by atoms with E-state index in [4.69, 9.17) is 4.74 Å². The standard InChI is InChI=1S/C54H62N8O9S2/c1-35(2)44-7-5-6-8-45(44)49-32-60(73(69,70)42-12-9-36(3)10-13-42)23-24-61(49)40-28-54(29-40)33-59(34-54)39-11-15-46(50(26-39)71-41-25-38-19-22-55-51(38)57-31-41)52(63)58-72(67,68)43-14-16-47(48(27-43)62(65)66)56-30-37-17-20-53(4,64)21-18-37/h5-16,19,22,25-27,31,35,37,40,49,56,64H,17-18,20-21,23-24,28-30,32-34H2,1-4H3,(H,55,57)(H,58,63). The maximum absolute atomic E-state index is 14.1. The topological polar surface area (TPSA) is 220 Å². The van der Waals surface area contributed by atoms with E-state index in [0.717, 1.165) is 67.0 Å². The molecule has 1 amide bonds. The molecule has 0 radical (unpaired) electrons. The minimum atomic E-state index is -4.62. The summed E-state index contributed by atoms with van der Waals surface area (Å²) in [4.78, 5) is 37.7. The third-order valence-corrected chi connectivity index (χ3v) is 18.7. The van der Waals surface area contributed by atoms with E-state index in [9.17, 15) is 36.9 Å². The number of hydrogen-bond donors (Lipinski definition) is 4. The molecule has 2 aliphatic heterocycles. The van der Waals surface area contributed by atoms with Crippen LogP contribution < -0.4 is 19.7 Å². The van der Waals surface area contributed by atoms with Crippen molar-refractivity contribution in [2.24, 2.45) is 11.3 Å². The van der Waals surface area contributed by atoms with Crippen molar-refractivity contribution < 1.29 is 36.4 Å². The maximum Gasteiger partial charge on any atom is 0.293 e. The van der Waals surface area contributed by atoms with E-state index >= 15 is 0 Å². The third-order valence-electron chi connectivity index (χ3n) is 15.5. The van der Waals surface area contributed by atoms with Crippen LogP contribution in [-0.2, 0) is 20.0 Å². The first-order valence-corrected chi connectivity index (χ1v) is 27.9. The highest BCUT2D eigenvalue weighted by molar-refractivity contribution is 7.90. The number of aliphatic hydroxyl groups is 1. The van der Waals surface area contributed by atoms with Crippen LogP contribution in [0.2, 0.25) is 0 Å². The number of nitro groups is 1. The number of fused-ring (bicyclic) bond motifs is 1. The minimum Gasteiger partial charge on any atom is -0.455 e. The Hall–Kier alpha value is -6.38. The van der Waals surface area contributed by atoms with Gasteiger partial charge in [-0.25, -0.2) is 26.5 Å². The third kappa shape index (κ3) is 10.3. The first kappa shape index (κ1) is 50.2. The Labute approximate surface area is 426 Å². The van der Waals surface area contributed by atoms with Crippen molar-refractivity contribution in [3.63, 3.8) is 0 Å². The normalized spacial score (nSPS) is 21.7. The van der Waals surface area contributed by atoms with Gasteiger partial charge < -0.3 is 25.0 Å². The molecule has 19 heteroatoms. The molecule has 2 aromatic heterocycles. The van der Waals surface area contributed by atoms with Crippen LogP contribution in [0.1, 0.15) is 98.3 Å². The van der Waals surface area contributed by atoms with Crippen LogP contribution in [0.5, 0.6) is 11.5 Å². The molecule has 4 N–H and O–H groups in total. The number of nitrogens with zero attached hydrogens (tertiary/aromatic N) is 5. The minimum absolute atomic E-state index is 0.0257. The molecule has 10 rings (SSSR count). The number of sulfonamides is 2. The number of pyridine rings is 1. The summed E-state index contributed by atoms with van der Waals surface area (Å²) in [5.41, 5.74) is 3.70. The van der Waals surface area contributed by atoms with Gasteiger partial charge in [0.2, 0.25) is 10.0 Å². The van der Waals surface area contributed by atoms with Crippen LogP contribution in [-0.4, -0.2) is 103 Å². The molecule has 0 bridgehead atoms. The Balaban J connectivity index is 0.852. The quantitative estimate of drug-likeness (QED) is 0.0558. The van der Waals surface area contributed by atoms with Crippen LogP contribution in [0.15, 0.2) is 119 Å². The molecule has 4 aromatic carbocycles. The number of ether oxygens (including phenoxy) is 1. The fourth-order valence-electron chi connectivity index (χ4n) is 11.3. The number of aryl methyl sites for hydroxylation is 1. The van der Waals surface area contributed by atoms with Crippen LogP contribution in [0.4, 0.5) is 17.1 Å². The van der Waals surface area contributed by atoms with E-state index in [1.807, 2.05) is 37.3 Å². The molecular weight excluding hydrogens is 969 g/mol. The van der Waals surface area contributed by atoms with Crippen molar-refractivity contribution in [1.82, 2.24) is 23.9 Å². The first-order chi connectivity index (χ1) is 34.8. The van der Waals surface area contributed by atoms with Gasteiger partial charge in [0.05, 0.1) is 32.1 Å². The molecule has 2 saturated carbocycles. The second-order valence-corrected chi connectivity index (χ2v) is 24.8. The lowest BCUT2D eigenvalue weighted by molar-refractivity contribution is -0.384. The number of piperazine rings is 1. The van der Waals surface area contributed by atoms with Crippen LogP contribution >= 0.6 is 0 Å². The fourth-order valence-corrected chi connectivity index (χ4v) is 13.8. The van der Waals surface area contributed by atoms with Gasteiger partial charge in [-0.1, -0.05) is 55.8 Å². The molecule has 384 valence electrons. The monoisotopic (exact) mass is 1030 g/mol. The molecule has 1 unspecified atom stereocenters. The summed E-state index contributed by atoms with van der Waals surface area (Å²) in [6.07, 6.45) is 7.85. The average Bonchev–Trinajstić information content (AvgIpc) is 3.81. The number of H-pyrrole nitrogens is 1. The molecule has 6 aromatic rings. The Bertz CT molecular complexity index is 3280. The van der Waals surface area contributed by atoms with E-state index < -0.39 is 47.1 Å². The van der Waals surface area contributed by atoms with Crippen molar-refractivity contribution >= 4 is 54.0 Å². The average molecular weight is 1030 g/mol. The molecule has 17 nitrogen and oxygen atoms in total. The van der Waals surface area contributed by atoms with Crippen molar-refractivity contribution in [3.05, 3.63) is 142 Å². The largest absolute Gasteiger partial charge is 0.455 e. The van der Waals surface area contributed by atoms with Gasteiger partial charge in [-0.3, -0.25) is 19.8 Å². The summed E-state index contributed by atoms with van der Waals surface area (Å²) in [5.74, 6) is -0.141. The number of aromatic amines is 1. The van der Waals surface area contributed by atoms with Crippen molar-refractivity contribution in [1.29, 1.82) is 0 Å². The smallest absolute Gasteiger partial charge is 0.293 e. The second-order valence-electron chi connectivity index (χ2n) is 21.2. The van der Waals surface area contributed by atoms with Gasteiger partial charge in [-0.05, 0) is 124 Å². The highest BCUT2D eigenvalue weighted by Crippen LogP contribution is 2.54. The highest BCUT2D eigenvalue weighted by Gasteiger charge is 2.55. The Morgan fingerprint density at radius 2 is 1.67 bits per heavy atom. The van der Waals surface area contributed by atoms with Gasteiger partial charge in [-0.2, -0.15) is 4.31 Å². The molecule has 1 atom stereocenters. The summed E-state index contributed by atoms with van der Waals surface area (Å²) >= 11 is 0. The molecule has 4 aliphatic rings. The number of amides is 1. The molecule has 2 aliphatic carbocycles. The Morgan fingerprint density at radius 1 is 0.945 bits per heavy atom. The predicted octanol–water partition coefficient (Wildman–Crippen LogP) is 8.88. The summed E-state index contributed by atoms with van der Waals surface area (Å²) in [6.45, 7) is 11.3. The van der Waals surface area contributed by atoms with Crippen molar-refractivity contribution in [2.75, 3.05) is 49.5 Å². The van der Waals surface area contributed by atoms with Gasteiger partial charge in [0.1, 0.15) is 22.8 Å². The zero-order chi connectivity index (χ0) is 51.5. The van der Waals surface area contributed by atoms with Gasteiger partial charge in [0, 0.05) is 86.2 Å². The second kappa shape index (κ2) is 19.5. The number of benzene rings is 4. The molecule has 4 fully saturated rings. The van der Waals surface area contributed by atoms with Crippen LogP contribution in [0.3, 0.4) is 0 Å². The number of nitrogens with one attached hydrogen (secondary N) is 3. The summed E-state index contributed by atoms with van der Waals surface area (Å²) in [5, 5.41) is 26.4. The Kier molecular flexibility index (Phi) is 13.4. The van der Waals surface area contributed by atoms with Gasteiger partial charge in [0.25, 0.3) is 21.6 Å². The molecule has 73 heavy (non-hydrogen) atoms. The van der Waals surface area contributed by atoms with Crippen molar-refractivity contribution in [2.45, 2.75) is 99.6 Å². The summed E-state index contributed by atoms with van der Waals surface area (Å²) in [6, 6.07) is 27.6. The lowest BCUT2D eigenvalue weighted by Gasteiger charge is -2.63.